The van der Waals surface area contributed by atoms with Gasteiger partial charge < -0.3 is 19.1 Å². The number of piperidine rings is 1. The van der Waals surface area contributed by atoms with Gasteiger partial charge in [-0.15, -0.1) is 0 Å². The molecule has 2 heterocycles. The fourth-order valence-electron chi connectivity index (χ4n) is 5.58. The van der Waals surface area contributed by atoms with Crippen LogP contribution in [0.5, 0.6) is 5.75 Å². The summed E-state index contributed by atoms with van der Waals surface area (Å²) in [5, 5.41) is 0. The molecule has 1 atom stereocenters. The molecule has 1 unspecified atom stereocenters. The van der Waals surface area contributed by atoms with Crippen molar-refractivity contribution in [2.75, 3.05) is 46.9 Å². The Kier molecular flexibility index (Phi) is 8.28. The molecular weight excluding hydrogens is 513 g/mol. The van der Waals surface area contributed by atoms with Crippen LogP contribution in [0.3, 0.4) is 0 Å². The number of benzene rings is 2. The van der Waals surface area contributed by atoms with E-state index in [2.05, 4.69) is 0 Å². The van der Waals surface area contributed by atoms with Crippen LogP contribution in [0.15, 0.2) is 48.5 Å². The molecule has 1 spiro atoms. The minimum absolute atomic E-state index is 0.155. The monoisotopic (exact) mass is 548 g/mol. The zero-order valence-electron chi connectivity index (χ0n) is 22.7. The van der Waals surface area contributed by atoms with Crippen LogP contribution < -0.4 is 4.74 Å². The normalized spacial score (nSPS) is 20.1. The Morgan fingerprint density at radius 2 is 1.72 bits per heavy atom. The molecule has 39 heavy (non-hydrogen) atoms. The molecule has 2 fully saturated rings. The summed E-state index contributed by atoms with van der Waals surface area (Å²) in [5.41, 5.74) is 0.0716. The zero-order valence-corrected chi connectivity index (χ0v) is 22.7. The molecule has 2 saturated heterocycles. The predicted molar refractivity (Wildman–Crippen MR) is 139 cm³/mol. The van der Waals surface area contributed by atoms with Crippen molar-refractivity contribution in [1.29, 1.82) is 0 Å². The Morgan fingerprint density at radius 3 is 2.31 bits per heavy atom. The van der Waals surface area contributed by atoms with Gasteiger partial charge >= 0.3 is 12.1 Å². The average molecular weight is 549 g/mol. The highest BCUT2D eigenvalue weighted by molar-refractivity contribution is 5.95. The summed E-state index contributed by atoms with van der Waals surface area (Å²) in [6, 6.07) is 14.3. The first-order valence-electron chi connectivity index (χ1n) is 13.0. The number of hydrogen-bond acceptors (Lipinski definition) is 6. The third kappa shape index (κ3) is 6.38. The van der Waals surface area contributed by atoms with Crippen LogP contribution in [-0.4, -0.2) is 80.4 Å². The maximum absolute atomic E-state index is 13.4. The number of rotatable bonds is 6. The van der Waals surface area contributed by atoms with Gasteiger partial charge in [0.05, 0.1) is 37.9 Å². The molecule has 2 aromatic rings. The minimum atomic E-state index is -4.32. The van der Waals surface area contributed by atoms with E-state index in [4.69, 9.17) is 14.2 Å². The van der Waals surface area contributed by atoms with Crippen LogP contribution in [0, 0.1) is 0 Å². The first-order valence-corrected chi connectivity index (χ1v) is 13.0. The maximum atomic E-state index is 13.4. The number of halogens is 3. The lowest BCUT2D eigenvalue weighted by atomic mass is 9.83. The largest absolute Gasteiger partial charge is 0.496 e. The van der Waals surface area contributed by atoms with Gasteiger partial charge in [-0.25, -0.2) is 0 Å². The van der Waals surface area contributed by atoms with E-state index in [1.807, 2.05) is 30.3 Å². The van der Waals surface area contributed by atoms with Gasteiger partial charge in [-0.3, -0.25) is 14.5 Å². The van der Waals surface area contributed by atoms with E-state index in [1.165, 1.54) is 19.1 Å². The minimum Gasteiger partial charge on any atom is -0.496 e. The summed E-state index contributed by atoms with van der Waals surface area (Å²) >= 11 is 0. The van der Waals surface area contributed by atoms with Crippen molar-refractivity contribution in [3.63, 3.8) is 0 Å². The Hall–Kier alpha value is -3.11. The van der Waals surface area contributed by atoms with Gasteiger partial charge in [-0.1, -0.05) is 36.4 Å². The van der Waals surface area contributed by atoms with Crippen LogP contribution >= 0.6 is 0 Å². The molecule has 2 aliphatic heterocycles. The van der Waals surface area contributed by atoms with Crippen molar-refractivity contribution in [3.05, 3.63) is 65.2 Å². The van der Waals surface area contributed by atoms with E-state index < -0.39 is 35.8 Å². The SMILES string of the molecule is COC(=O)C(C)(C)c1ccc(C(=O)N2CCC3(CC2)CN(CC(F)(F)F)CC(c2ccccc2)O3)cc1OC. The van der Waals surface area contributed by atoms with Crippen molar-refractivity contribution < 1.29 is 37.0 Å². The Bertz CT molecular complexity index is 1180. The molecule has 0 N–H and O–H groups in total. The van der Waals surface area contributed by atoms with Crippen LogP contribution in [0.2, 0.25) is 0 Å². The highest BCUT2D eigenvalue weighted by Gasteiger charge is 2.46. The van der Waals surface area contributed by atoms with E-state index in [-0.39, 0.29) is 19.0 Å². The van der Waals surface area contributed by atoms with E-state index in [0.29, 0.717) is 42.8 Å². The molecule has 10 heteroatoms. The molecule has 0 aliphatic carbocycles. The second-order valence-electron chi connectivity index (χ2n) is 10.8. The number of carbonyl (C=O) groups is 2. The summed E-state index contributed by atoms with van der Waals surface area (Å²) in [4.78, 5) is 28.8. The van der Waals surface area contributed by atoms with Crippen molar-refractivity contribution >= 4 is 11.9 Å². The van der Waals surface area contributed by atoms with E-state index in [0.717, 1.165) is 5.56 Å². The lowest BCUT2D eigenvalue weighted by Crippen LogP contribution is -2.59. The predicted octanol–water partition coefficient (Wildman–Crippen LogP) is 4.76. The van der Waals surface area contributed by atoms with Gasteiger partial charge in [0.25, 0.3) is 5.91 Å². The molecule has 1 amide bonds. The van der Waals surface area contributed by atoms with Gasteiger partial charge in [-0.05, 0) is 44.4 Å². The first-order chi connectivity index (χ1) is 18.4. The average Bonchev–Trinajstić information content (AvgIpc) is 2.91. The molecule has 0 aromatic heterocycles. The molecule has 212 valence electrons. The fraction of sp³-hybridized carbons (Fsp3) is 0.517. The summed E-state index contributed by atoms with van der Waals surface area (Å²) in [6.07, 6.45) is -3.97. The van der Waals surface area contributed by atoms with E-state index >= 15 is 0 Å². The Balaban J connectivity index is 1.50. The van der Waals surface area contributed by atoms with E-state index in [9.17, 15) is 22.8 Å². The number of esters is 1. The van der Waals surface area contributed by atoms with Gasteiger partial charge in [-0.2, -0.15) is 13.2 Å². The number of hydrogen-bond donors (Lipinski definition) is 0. The molecule has 0 saturated carbocycles. The van der Waals surface area contributed by atoms with Gasteiger partial charge in [0.1, 0.15) is 5.75 Å². The standard InChI is InChI=1S/C29H35F3N2O5/c1-27(2,26(36)38-4)22-11-10-21(16-23(22)37-3)25(35)34-14-12-28(13-15-34)18-33(19-29(30,31)32)17-24(39-28)20-8-6-5-7-9-20/h5-11,16,24H,12-15,17-19H2,1-4H3. The number of nitrogens with zero attached hydrogens (tertiary/aromatic N) is 2. The number of morpholine rings is 1. The first kappa shape index (κ1) is 28.9. The number of likely N-dealkylation sites (tertiary alicyclic amines) is 1. The maximum Gasteiger partial charge on any atom is 0.401 e. The van der Waals surface area contributed by atoms with Crippen LogP contribution in [0.4, 0.5) is 13.2 Å². The smallest absolute Gasteiger partial charge is 0.401 e. The van der Waals surface area contributed by atoms with Crippen molar-refractivity contribution in [1.82, 2.24) is 9.80 Å². The molecule has 7 nitrogen and oxygen atoms in total. The lowest BCUT2D eigenvalue weighted by molar-refractivity contribution is -0.206. The summed E-state index contributed by atoms with van der Waals surface area (Å²) in [6.45, 7) is 3.44. The van der Waals surface area contributed by atoms with Crippen molar-refractivity contribution in [2.24, 2.45) is 0 Å². The molecule has 2 aliphatic rings. The number of alkyl halides is 3. The second-order valence-corrected chi connectivity index (χ2v) is 10.8. The van der Waals surface area contributed by atoms with Gasteiger partial charge in [0, 0.05) is 37.3 Å². The Morgan fingerprint density at radius 1 is 1.05 bits per heavy atom. The highest BCUT2D eigenvalue weighted by Crippen LogP contribution is 2.39. The number of ether oxygens (including phenoxy) is 3. The van der Waals surface area contributed by atoms with Crippen LogP contribution in [0.25, 0.3) is 0 Å². The third-order valence-electron chi connectivity index (χ3n) is 7.68. The van der Waals surface area contributed by atoms with Crippen LogP contribution in [-0.2, 0) is 19.7 Å². The molecule has 0 bridgehead atoms. The second kappa shape index (κ2) is 11.2. The van der Waals surface area contributed by atoms with Gasteiger partial charge in [0.2, 0.25) is 0 Å². The lowest BCUT2D eigenvalue weighted by Gasteiger charge is -2.50. The van der Waals surface area contributed by atoms with Gasteiger partial charge in [0.15, 0.2) is 0 Å². The molecular formula is C29H35F3N2O5. The Labute approximate surface area is 226 Å². The topological polar surface area (TPSA) is 68.3 Å². The summed E-state index contributed by atoms with van der Waals surface area (Å²) in [7, 11) is 2.79. The quantitative estimate of drug-likeness (QED) is 0.485. The molecule has 0 radical (unpaired) electrons. The zero-order chi connectivity index (χ0) is 28.4. The fourth-order valence-corrected chi connectivity index (χ4v) is 5.58. The third-order valence-corrected chi connectivity index (χ3v) is 7.68. The van der Waals surface area contributed by atoms with Crippen LogP contribution in [0.1, 0.15) is 54.3 Å². The number of amides is 1. The van der Waals surface area contributed by atoms with Crippen molar-refractivity contribution in [3.8, 4) is 5.75 Å². The van der Waals surface area contributed by atoms with Crippen molar-refractivity contribution in [2.45, 2.75) is 50.0 Å². The number of carbonyl (C=O) groups excluding carboxylic acids is 2. The molecule has 4 rings (SSSR count). The summed E-state index contributed by atoms with van der Waals surface area (Å²) in [5.74, 6) is -0.246. The molecule has 2 aromatic carbocycles. The van der Waals surface area contributed by atoms with E-state index in [1.54, 1.807) is 36.9 Å². The summed E-state index contributed by atoms with van der Waals surface area (Å²) < 4.78 is 56.9. The number of methoxy groups -OCH3 is 2. The highest BCUT2D eigenvalue weighted by atomic mass is 19.4.